The predicted octanol–water partition coefficient (Wildman–Crippen LogP) is 1.08. The second-order valence-corrected chi connectivity index (χ2v) is 5.99. The number of carboxylic acids is 1. The summed E-state index contributed by atoms with van der Waals surface area (Å²) < 4.78 is 5.80. The summed E-state index contributed by atoms with van der Waals surface area (Å²) in [4.78, 5) is 13.7. The van der Waals surface area contributed by atoms with Gasteiger partial charge in [0, 0.05) is 13.1 Å². The van der Waals surface area contributed by atoms with Gasteiger partial charge in [-0.05, 0) is 45.7 Å². The molecular weight excluding hydrogens is 244 g/mol. The minimum absolute atomic E-state index is 0.415. The van der Waals surface area contributed by atoms with Gasteiger partial charge in [0.1, 0.15) is 5.54 Å². The van der Waals surface area contributed by atoms with E-state index in [0.29, 0.717) is 25.2 Å². The first-order valence-corrected chi connectivity index (χ1v) is 7.40. The largest absolute Gasteiger partial charge is 0.480 e. The molecule has 0 aromatic carbocycles. The number of likely N-dealkylation sites (N-methyl/N-ethyl adjacent to an activating group) is 1. The van der Waals surface area contributed by atoms with Crippen LogP contribution in [0.1, 0.15) is 39.5 Å². The summed E-state index contributed by atoms with van der Waals surface area (Å²) in [6.07, 6.45) is 4.78. The molecule has 0 aromatic heterocycles. The van der Waals surface area contributed by atoms with E-state index in [-0.39, 0.29) is 0 Å². The van der Waals surface area contributed by atoms with Gasteiger partial charge in [-0.2, -0.15) is 0 Å². The van der Waals surface area contributed by atoms with E-state index in [4.69, 9.17) is 4.74 Å². The Morgan fingerprint density at radius 3 is 2.58 bits per heavy atom. The number of aliphatic carboxylic acids is 1. The van der Waals surface area contributed by atoms with E-state index in [9.17, 15) is 9.90 Å². The van der Waals surface area contributed by atoms with Gasteiger partial charge >= 0.3 is 5.97 Å². The first-order chi connectivity index (χ1) is 9.03. The second kappa shape index (κ2) is 6.20. The number of carbonyl (C=O) groups is 1. The van der Waals surface area contributed by atoms with Gasteiger partial charge in [0.15, 0.2) is 0 Å². The highest BCUT2D eigenvalue weighted by Crippen LogP contribution is 2.26. The maximum absolute atomic E-state index is 11.3. The maximum atomic E-state index is 11.3. The van der Waals surface area contributed by atoms with Crippen molar-refractivity contribution in [2.24, 2.45) is 0 Å². The second-order valence-electron chi connectivity index (χ2n) is 5.99. The fourth-order valence-electron chi connectivity index (χ4n) is 3.20. The summed E-state index contributed by atoms with van der Waals surface area (Å²) in [6, 6.07) is 0. The quantitative estimate of drug-likeness (QED) is 0.725. The van der Waals surface area contributed by atoms with E-state index in [1.165, 1.54) is 12.8 Å². The van der Waals surface area contributed by atoms with Crippen LogP contribution in [0.2, 0.25) is 0 Å². The Balaban J connectivity index is 1.74. The molecule has 3 atom stereocenters. The van der Waals surface area contributed by atoms with Crippen molar-refractivity contribution < 1.29 is 14.6 Å². The van der Waals surface area contributed by atoms with E-state index in [1.54, 1.807) is 6.92 Å². The Bertz CT molecular complexity index is 312. The Morgan fingerprint density at radius 1 is 1.42 bits per heavy atom. The summed E-state index contributed by atoms with van der Waals surface area (Å²) in [5.41, 5.74) is -0.792. The zero-order chi connectivity index (χ0) is 13.9. The number of likely N-dealkylation sites (tertiary alicyclic amines) is 1. The standard InChI is InChI=1S/C14H26N2O3/c1-3-15-14(2,13(17)18)7-4-8-16-9-11-5-6-12(10-16)19-11/h11-12,15H,3-10H2,1-2H3,(H,17,18). The Labute approximate surface area is 115 Å². The first-order valence-electron chi connectivity index (χ1n) is 7.40. The molecule has 0 amide bonds. The van der Waals surface area contributed by atoms with Crippen LogP contribution in [0, 0.1) is 0 Å². The van der Waals surface area contributed by atoms with Crippen LogP contribution in [0.4, 0.5) is 0 Å². The van der Waals surface area contributed by atoms with Gasteiger partial charge in [0.25, 0.3) is 0 Å². The van der Waals surface area contributed by atoms with Crippen LogP contribution in [0.5, 0.6) is 0 Å². The third kappa shape index (κ3) is 3.68. The van der Waals surface area contributed by atoms with Gasteiger partial charge in [-0.1, -0.05) is 6.92 Å². The lowest BCUT2D eigenvalue weighted by atomic mass is 9.95. The third-order valence-corrected chi connectivity index (χ3v) is 4.31. The molecule has 0 spiro atoms. The van der Waals surface area contributed by atoms with E-state index in [1.807, 2.05) is 6.92 Å². The lowest BCUT2D eigenvalue weighted by Crippen LogP contribution is -2.50. The fraction of sp³-hybridized carbons (Fsp3) is 0.929. The topological polar surface area (TPSA) is 61.8 Å². The molecule has 2 N–H and O–H groups in total. The number of fused-ring (bicyclic) bond motifs is 2. The molecule has 110 valence electrons. The van der Waals surface area contributed by atoms with Crippen molar-refractivity contribution in [1.29, 1.82) is 0 Å². The van der Waals surface area contributed by atoms with Crippen LogP contribution >= 0.6 is 0 Å². The Kier molecular flexibility index (Phi) is 4.81. The summed E-state index contributed by atoms with van der Waals surface area (Å²) in [5.74, 6) is -0.753. The van der Waals surface area contributed by atoms with Gasteiger partial charge in [-0.25, -0.2) is 0 Å². The molecule has 3 unspecified atom stereocenters. The Hall–Kier alpha value is -0.650. The summed E-state index contributed by atoms with van der Waals surface area (Å²) in [6.45, 7) is 7.42. The number of hydrogen-bond acceptors (Lipinski definition) is 4. The van der Waals surface area contributed by atoms with Gasteiger partial charge in [-0.15, -0.1) is 0 Å². The number of ether oxygens (including phenoxy) is 1. The van der Waals surface area contributed by atoms with Gasteiger partial charge in [0.2, 0.25) is 0 Å². The predicted molar refractivity (Wildman–Crippen MR) is 73.3 cm³/mol. The highest BCUT2D eigenvalue weighted by Gasteiger charge is 2.35. The summed E-state index contributed by atoms with van der Waals surface area (Å²) in [7, 11) is 0. The summed E-state index contributed by atoms with van der Waals surface area (Å²) in [5, 5.41) is 12.4. The number of hydrogen-bond donors (Lipinski definition) is 2. The number of nitrogens with zero attached hydrogens (tertiary/aromatic N) is 1. The van der Waals surface area contributed by atoms with E-state index < -0.39 is 11.5 Å². The lowest BCUT2D eigenvalue weighted by molar-refractivity contribution is -0.144. The molecule has 5 nitrogen and oxygen atoms in total. The van der Waals surface area contributed by atoms with Crippen LogP contribution in [-0.2, 0) is 9.53 Å². The van der Waals surface area contributed by atoms with Crippen molar-refractivity contribution in [2.75, 3.05) is 26.2 Å². The normalized spacial score (nSPS) is 30.2. The van der Waals surface area contributed by atoms with Crippen molar-refractivity contribution >= 4 is 5.97 Å². The number of nitrogens with one attached hydrogen (secondary N) is 1. The molecule has 2 rings (SSSR count). The minimum atomic E-state index is -0.792. The Morgan fingerprint density at radius 2 is 2.05 bits per heavy atom. The van der Waals surface area contributed by atoms with Crippen LogP contribution in [0.3, 0.4) is 0 Å². The number of morpholine rings is 1. The smallest absolute Gasteiger partial charge is 0.323 e. The van der Waals surface area contributed by atoms with Crippen molar-refractivity contribution in [3.63, 3.8) is 0 Å². The van der Waals surface area contributed by atoms with E-state index >= 15 is 0 Å². The third-order valence-electron chi connectivity index (χ3n) is 4.31. The molecule has 2 bridgehead atoms. The van der Waals surface area contributed by atoms with Crippen LogP contribution in [0.15, 0.2) is 0 Å². The molecule has 0 aromatic rings. The van der Waals surface area contributed by atoms with E-state index in [0.717, 1.165) is 26.1 Å². The molecule has 0 radical (unpaired) electrons. The molecule has 19 heavy (non-hydrogen) atoms. The molecule has 2 aliphatic heterocycles. The van der Waals surface area contributed by atoms with Crippen LogP contribution in [0.25, 0.3) is 0 Å². The van der Waals surface area contributed by atoms with Gasteiger partial charge in [-0.3, -0.25) is 9.69 Å². The van der Waals surface area contributed by atoms with Crippen molar-refractivity contribution in [3.8, 4) is 0 Å². The van der Waals surface area contributed by atoms with Gasteiger partial charge < -0.3 is 15.2 Å². The van der Waals surface area contributed by atoms with Crippen molar-refractivity contribution in [1.82, 2.24) is 10.2 Å². The highest BCUT2D eigenvalue weighted by atomic mass is 16.5. The van der Waals surface area contributed by atoms with Crippen molar-refractivity contribution in [3.05, 3.63) is 0 Å². The SMILES string of the molecule is CCNC(C)(CCCN1CC2CCC(C1)O2)C(=O)O. The first kappa shape index (κ1) is 14.8. The molecule has 5 heteroatoms. The zero-order valence-corrected chi connectivity index (χ0v) is 12.0. The van der Waals surface area contributed by atoms with Crippen molar-refractivity contribution in [2.45, 2.75) is 57.3 Å². The average molecular weight is 270 g/mol. The molecule has 2 aliphatic rings. The molecule has 2 fully saturated rings. The highest BCUT2D eigenvalue weighted by molar-refractivity contribution is 5.78. The molecule has 0 aliphatic carbocycles. The van der Waals surface area contributed by atoms with Gasteiger partial charge in [0.05, 0.1) is 12.2 Å². The molecule has 2 heterocycles. The maximum Gasteiger partial charge on any atom is 0.323 e. The van der Waals surface area contributed by atoms with E-state index in [2.05, 4.69) is 10.2 Å². The molecule has 2 saturated heterocycles. The average Bonchev–Trinajstić information content (AvgIpc) is 2.69. The fourth-order valence-corrected chi connectivity index (χ4v) is 3.20. The van der Waals surface area contributed by atoms with Crippen LogP contribution in [-0.4, -0.2) is 59.9 Å². The molecular formula is C14H26N2O3. The number of carboxylic acid groups (broad SMARTS) is 1. The van der Waals surface area contributed by atoms with Crippen LogP contribution < -0.4 is 5.32 Å². The zero-order valence-electron chi connectivity index (χ0n) is 12.0. The minimum Gasteiger partial charge on any atom is -0.480 e. The lowest BCUT2D eigenvalue weighted by Gasteiger charge is -2.33. The monoisotopic (exact) mass is 270 g/mol. The summed E-state index contributed by atoms with van der Waals surface area (Å²) >= 11 is 0. The number of rotatable bonds is 7. The molecule has 0 saturated carbocycles.